The third-order valence-electron chi connectivity index (χ3n) is 4.81. The lowest BCUT2D eigenvalue weighted by molar-refractivity contribution is 0.112. The molecular weight excluding hydrogens is 384 g/mol. The van der Waals surface area contributed by atoms with Gasteiger partial charge < -0.3 is 24.8 Å². The molecule has 2 heterocycles. The van der Waals surface area contributed by atoms with E-state index in [0.717, 1.165) is 0 Å². The highest BCUT2D eigenvalue weighted by Gasteiger charge is 2.25. The molecule has 2 aliphatic heterocycles. The van der Waals surface area contributed by atoms with Crippen LogP contribution in [0.3, 0.4) is 0 Å². The first-order valence-electron chi connectivity index (χ1n) is 9.60. The molecule has 0 aromatic heterocycles. The number of aromatic hydroxyl groups is 2. The summed E-state index contributed by atoms with van der Waals surface area (Å²) in [5, 5.41) is 28.6. The smallest absolute Gasteiger partial charge is 0.153 e. The zero-order valence-electron chi connectivity index (χ0n) is 17.5. The summed E-state index contributed by atoms with van der Waals surface area (Å²) < 4.78 is 11.3. The Kier molecular flexibility index (Phi) is 5.63. The van der Waals surface area contributed by atoms with Crippen LogP contribution in [-0.2, 0) is 6.61 Å². The van der Waals surface area contributed by atoms with E-state index in [-0.39, 0.29) is 34.9 Å². The quantitative estimate of drug-likeness (QED) is 0.633. The molecule has 0 unspecified atom stereocenters. The van der Waals surface area contributed by atoms with E-state index in [1.807, 2.05) is 45.9 Å². The number of aliphatic hydroxyl groups is 1. The van der Waals surface area contributed by atoms with Gasteiger partial charge in [-0.15, -0.1) is 0 Å². The van der Waals surface area contributed by atoms with E-state index in [0.29, 0.717) is 34.5 Å². The van der Waals surface area contributed by atoms with Crippen molar-refractivity contribution in [3.8, 4) is 23.0 Å². The number of benzene rings is 2. The lowest BCUT2D eigenvalue weighted by Gasteiger charge is -2.28. The van der Waals surface area contributed by atoms with Crippen LogP contribution in [-0.4, -0.2) is 32.8 Å². The molecule has 0 amide bonds. The molecule has 0 spiro atoms. The first-order chi connectivity index (χ1) is 14.1. The van der Waals surface area contributed by atoms with E-state index in [2.05, 4.69) is 0 Å². The fraction of sp³-hybridized carbons (Fsp3) is 0.292. The number of ether oxygens (including phenoxy) is 2. The Balaban J connectivity index is 0.000000171. The number of rotatable bonds is 2. The topological polar surface area (TPSA) is 96.2 Å². The molecule has 0 radical (unpaired) electrons. The average Bonchev–Trinajstić information content (AvgIpc) is 2.67. The van der Waals surface area contributed by atoms with E-state index in [1.54, 1.807) is 30.3 Å². The van der Waals surface area contributed by atoms with Crippen LogP contribution in [0.25, 0.3) is 12.2 Å². The zero-order valence-corrected chi connectivity index (χ0v) is 17.5. The van der Waals surface area contributed by atoms with Crippen molar-refractivity contribution in [3.63, 3.8) is 0 Å². The summed E-state index contributed by atoms with van der Waals surface area (Å²) in [6, 6.07) is 6.69. The van der Waals surface area contributed by atoms with E-state index < -0.39 is 0 Å². The highest BCUT2D eigenvalue weighted by molar-refractivity contribution is 5.84. The van der Waals surface area contributed by atoms with Crippen molar-refractivity contribution in [2.45, 2.75) is 45.5 Å². The molecular formula is C24H26O6. The molecule has 158 valence electrons. The Labute approximate surface area is 175 Å². The number of carbonyl (C=O) groups excluding carboxylic acids is 1. The summed E-state index contributed by atoms with van der Waals surface area (Å²) in [4.78, 5) is 10.6. The number of aldehydes is 1. The fourth-order valence-electron chi connectivity index (χ4n) is 3.17. The average molecular weight is 410 g/mol. The summed E-state index contributed by atoms with van der Waals surface area (Å²) in [7, 11) is 0. The number of hydrogen-bond acceptors (Lipinski definition) is 6. The molecule has 3 N–H and O–H groups in total. The van der Waals surface area contributed by atoms with Gasteiger partial charge in [-0.3, -0.25) is 4.79 Å². The molecule has 30 heavy (non-hydrogen) atoms. The number of fused-ring (bicyclic) bond motifs is 2. The molecule has 0 fully saturated rings. The monoisotopic (exact) mass is 410 g/mol. The van der Waals surface area contributed by atoms with Crippen LogP contribution in [0.15, 0.2) is 36.4 Å². The maximum atomic E-state index is 10.6. The molecule has 6 heteroatoms. The number of carbonyl (C=O) groups is 1. The largest absolute Gasteiger partial charge is 0.507 e. The Hall–Kier alpha value is -3.25. The molecule has 0 atom stereocenters. The fourth-order valence-corrected chi connectivity index (χ4v) is 3.17. The van der Waals surface area contributed by atoms with Crippen molar-refractivity contribution in [3.05, 3.63) is 58.7 Å². The highest BCUT2D eigenvalue weighted by Crippen LogP contribution is 2.39. The number of aliphatic hydroxyl groups excluding tert-OH is 1. The van der Waals surface area contributed by atoms with Crippen molar-refractivity contribution in [1.29, 1.82) is 0 Å². The van der Waals surface area contributed by atoms with Crippen molar-refractivity contribution >= 4 is 18.4 Å². The van der Waals surface area contributed by atoms with Gasteiger partial charge in [0.25, 0.3) is 0 Å². The van der Waals surface area contributed by atoms with Crippen molar-refractivity contribution in [1.82, 2.24) is 0 Å². The summed E-state index contributed by atoms with van der Waals surface area (Å²) in [6.07, 6.45) is 7.97. The molecule has 2 aromatic rings. The number of phenolic OH excluding ortho intramolecular Hbond substituents is 1. The summed E-state index contributed by atoms with van der Waals surface area (Å²) in [5.41, 5.74) is 1.28. The predicted octanol–water partition coefficient (Wildman–Crippen LogP) is 4.46. The predicted molar refractivity (Wildman–Crippen MR) is 115 cm³/mol. The van der Waals surface area contributed by atoms with Crippen LogP contribution < -0.4 is 9.47 Å². The molecule has 0 saturated carbocycles. The Morgan fingerprint density at radius 1 is 0.833 bits per heavy atom. The van der Waals surface area contributed by atoms with Gasteiger partial charge in [0, 0.05) is 5.56 Å². The second kappa shape index (κ2) is 7.88. The standard InChI is InChI=1S/C12H14O3.C12H12O3/c2*1-12(2)6-5-9-10(15-12)4-3-8(7-13)11(9)14/h3-6,13-14H,7H2,1-2H3;3-7,14H,1-2H3. The van der Waals surface area contributed by atoms with Gasteiger partial charge in [-0.25, -0.2) is 0 Å². The maximum absolute atomic E-state index is 10.6. The molecule has 2 aliphatic rings. The molecule has 0 bridgehead atoms. The van der Waals surface area contributed by atoms with Crippen molar-refractivity contribution < 1.29 is 29.6 Å². The lowest BCUT2D eigenvalue weighted by Crippen LogP contribution is -2.27. The van der Waals surface area contributed by atoms with E-state index in [9.17, 15) is 15.0 Å². The van der Waals surface area contributed by atoms with Gasteiger partial charge in [-0.2, -0.15) is 0 Å². The van der Waals surface area contributed by atoms with Gasteiger partial charge in [0.05, 0.1) is 23.3 Å². The Morgan fingerprint density at radius 3 is 1.83 bits per heavy atom. The third kappa shape index (κ3) is 4.33. The van der Waals surface area contributed by atoms with E-state index in [1.165, 1.54) is 0 Å². The SMILES string of the molecule is CC1(C)C=Cc2c(ccc(C=O)c2O)O1.CC1(C)C=Cc2c(ccc(CO)c2O)O1. The normalized spacial score (nSPS) is 16.8. The van der Waals surface area contributed by atoms with Crippen LogP contribution >= 0.6 is 0 Å². The van der Waals surface area contributed by atoms with Crippen molar-refractivity contribution in [2.24, 2.45) is 0 Å². The number of phenols is 2. The summed E-state index contributed by atoms with van der Waals surface area (Å²) in [6.45, 7) is 7.58. The molecule has 2 aromatic carbocycles. The van der Waals surface area contributed by atoms with Gasteiger partial charge in [0.2, 0.25) is 0 Å². The second-order valence-corrected chi connectivity index (χ2v) is 8.25. The molecule has 0 saturated heterocycles. The first kappa shape index (κ1) is 21.5. The van der Waals surface area contributed by atoms with E-state index in [4.69, 9.17) is 14.6 Å². The Morgan fingerprint density at radius 2 is 1.33 bits per heavy atom. The van der Waals surface area contributed by atoms with Gasteiger partial charge in [-0.1, -0.05) is 0 Å². The minimum absolute atomic E-state index is 0.0192. The van der Waals surface area contributed by atoms with Crippen LogP contribution in [0.4, 0.5) is 0 Å². The number of hydrogen-bond donors (Lipinski definition) is 3. The minimum Gasteiger partial charge on any atom is -0.507 e. The lowest BCUT2D eigenvalue weighted by atomic mass is 10.00. The summed E-state index contributed by atoms with van der Waals surface area (Å²) in [5.74, 6) is 1.33. The van der Waals surface area contributed by atoms with Crippen LogP contribution in [0, 0.1) is 0 Å². The van der Waals surface area contributed by atoms with Gasteiger partial charge in [-0.05, 0) is 76.3 Å². The summed E-state index contributed by atoms with van der Waals surface area (Å²) >= 11 is 0. The third-order valence-corrected chi connectivity index (χ3v) is 4.81. The molecule has 0 aliphatic carbocycles. The van der Waals surface area contributed by atoms with Crippen LogP contribution in [0.2, 0.25) is 0 Å². The Bertz CT molecular complexity index is 1030. The maximum Gasteiger partial charge on any atom is 0.153 e. The first-order valence-corrected chi connectivity index (χ1v) is 9.60. The zero-order chi connectivity index (χ0) is 22.1. The highest BCUT2D eigenvalue weighted by atomic mass is 16.5. The van der Waals surface area contributed by atoms with Crippen molar-refractivity contribution in [2.75, 3.05) is 0 Å². The van der Waals surface area contributed by atoms with E-state index >= 15 is 0 Å². The second-order valence-electron chi connectivity index (χ2n) is 8.25. The minimum atomic E-state index is -0.373. The van der Waals surface area contributed by atoms with Gasteiger partial charge in [0.1, 0.15) is 34.2 Å². The molecule has 6 nitrogen and oxygen atoms in total. The van der Waals surface area contributed by atoms with Crippen LogP contribution in [0.1, 0.15) is 54.7 Å². The van der Waals surface area contributed by atoms with Crippen LogP contribution in [0.5, 0.6) is 23.0 Å². The molecule has 4 rings (SSSR count). The van der Waals surface area contributed by atoms with Gasteiger partial charge >= 0.3 is 0 Å². The van der Waals surface area contributed by atoms with Gasteiger partial charge in [0.15, 0.2) is 6.29 Å².